The predicted molar refractivity (Wildman–Crippen MR) is 136 cm³/mol. The van der Waals surface area contributed by atoms with Crippen molar-refractivity contribution in [2.24, 2.45) is 0 Å². The van der Waals surface area contributed by atoms with Gasteiger partial charge < -0.3 is 20.3 Å². The van der Waals surface area contributed by atoms with Crippen molar-refractivity contribution in [3.63, 3.8) is 0 Å². The van der Waals surface area contributed by atoms with E-state index in [9.17, 15) is 13.2 Å². The summed E-state index contributed by atoms with van der Waals surface area (Å²) in [4.78, 5) is 23.6. The van der Waals surface area contributed by atoms with Crippen molar-refractivity contribution in [3.8, 4) is 11.3 Å². The number of carbonyl (C=O) groups excluding carboxylic acids is 1. The zero-order valence-electron chi connectivity index (χ0n) is 19.8. The fourth-order valence-corrected chi connectivity index (χ4v) is 5.60. The first-order valence-electron chi connectivity index (χ1n) is 11.9. The average molecular weight is 509 g/mol. The van der Waals surface area contributed by atoms with Crippen LogP contribution < -0.4 is 10.6 Å². The van der Waals surface area contributed by atoms with Crippen molar-refractivity contribution in [3.05, 3.63) is 66.4 Å². The summed E-state index contributed by atoms with van der Waals surface area (Å²) in [6.45, 7) is 4.56. The second-order valence-corrected chi connectivity index (χ2v) is 10.5. The maximum Gasteiger partial charge on any atom is 0.253 e. The minimum Gasteiger partial charge on any atom is -0.379 e. The number of rotatable bonds is 6. The van der Waals surface area contributed by atoms with Gasteiger partial charge in [0.2, 0.25) is 16.0 Å². The van der Waals surface area contributed by atoms with Crippen molar-refractivity contribution in [2.45, 2.75) is 4.90 Å². The van der Waals surface area contributed by atoms with E-state index < -0.39 is 10.0 Å². The van der Waals surface area contributed by atoms with Crippen molar-refractivity contribution < 1.29 is 17.9 Å². The van der Waals surface area contributed by atoms with Crippen LogP contribution in [0.2, 0.25) is 0 Å². The molecule has 5 rings (SSSR count). The summed E-state index contributed by atoms with van der Waals surface area (Å²) >= 11 is 0. The number of amides is 1. The Bertz CT molecular complexity index is 1300. The van der Waals surface area contributed by atoms with Gasteiger partial charge >= 0.3 is 0 Å². The highest BCUT2D eigenvalue weighted by Gasteiger charge is 2.26. The summed E-state index contributed by atoms with van der Waals surface area (Å²) in [5, 5.41) is 6.41. The number of nitrogens with one attached hydrogen (secondary N) is 2. The Labute approximate surface area is 210 Å². The molecule has 36 heavy (non-hydrogen) atoms. The van der Waals surface area contributed by atoms with E-state index in [-0.39, 0.29) is 10.8 Å². The molecule has 0 radical (unpaired) electrons. The lowest BCUT2D eigenvalue weighted by Crippen LogP contribution is -2.46. The molecule has 3 aromatic rings. The number of hydrogen-bond donors (Lipinski definition) is 2. The molecule has 0 bridgehead atoms. The average Bonchev–Trinajstić information content (AvgIpc) is 2.94. The van der Waals surface area contributed by atoms with E-state index in [0.717, 1.165) is 24.3 Å². The third-order valence-electron chi connectivity index (χ3n) is 6.21. The molecule has 2 aromatic carbocycles. The summed E-state index contributed by atoms with van der Waals surface area (Å²) in [6, 6.07) is 15.7. The van der Waals surface area contributed by atoms with Crippen LogP contribution in [0, 0.1) is 0 Å². The lowest BCUT2D eigenvalue weighted by Gasteiger charge is -2.27. The first kappa shape index (κ1) is 24.3. The first-order valence-corrected chi connectivity index (χ1v) is 13.3. The Morgan fingerprint density at radius 1 is 0.917 bits per heavy atom. The van der Waals surface area contributed by atoms with Crippen LogP contribution in [0.4, 0.5) is 11.6 Å². The van der Waals surface area contributed by atoms with Gasteiger partial charge in [-0.1, -0.05) is 12.1 Å². The normalized spacial score (nSPS) is 17.1. The van der Waals surface area contributed by atoms with Crippen LogP contribution >= 0.6 is 0 Å². The highest BCUT2D eigenvalue weighted by molar-refractivity contribution is 7.89. The van der Waals surface area contributed by atoms with Crippen molar-refractivity contribution >= 4 is 27.6 Å². The van der Waals surface area contributed by atoms with Gasteiger partial charge in [-0.2, -0.15) is 4.31 Å². The molecule has 0 atom stereocenters. The van der Waals surface area contributed by atoms with E-state index >= 15 is 0 Å². The van der Waals surface area contributed by atoms with Gasteiger partial charge in [0.15, 0.2) is 0 Å². The molecule has 188 valence electrons. The molecule has 2 fully saturated rings. The summed E-state index contributed by atoms with van der Waals surface area (Å²) in [5.41, 5.74) is 2.84. The molecular weight excluding hydrogens is 480 g/mol. The molecule has 2 aliphatic rings. The highest BCUT2D eigenvalue weighted by Crippen LogP contribution is 2.24. The Kier molecular flexibility index (Phi) is 7.23. The number of hydrogen-bond acceptors (Lipinski definition) is 8. The van der Waals surface area contributed by atoms with Crippen LogP contribution in [-0.2, 0) is 14.8 Å². The van der Waals surface area contributed by atoms with E-state index in [2.05, 4.69) is 20.6 Å². The van der Waals surface area contributed by atoms with Crippen LogP contribution in [0.3, 0.4) is 0 Å². The third-order valence-corrected chi connectivity index (χ3v) is 8.12. The summed E-state index contributed by atoms with van der Waals surface area (Å²) < 4.78 is 32.4. The van der Waals surface area contributed by atoms with Gasteiger partial charge in [0, 0.05) is 62.3 Å². The Morgan fingerprint density at radius 2 is 1.61 bits per heavy atom. The smallest absolute Gasteiger partial charge is 0.253 e. The number of piperazine rings is 1. The van der Waals surface area contributed by atoms with E-state index in [1.54, 1.807) is 48.7 Å². The second kappa shape index (κ2) is 10.7. The van der Waals surface area contributed by atoms with E-state index in [1.807, 2.05) is 17.0 Å². The molecule has 0 spiro atoms. The van der Waals surface area contributed by atoms with Gasteiger partial charge in [0.1, 0.15) is 0 Å². The number of morpholine rings is 1. The molecule has 2 saturated heterocycles. The lowest BCUT2D eigenvalue weighted by molar-refractivity contribution is 0.0730. The second-order valence-electron chi connectivity index (χ2n) is 8.55. The molecule has 0 unspecified atom stereocenters. The monoisotopic (exact) mass is 508 g/mol. The largest absolute Gasteiger partial charge is 0.379 e. The maximum absolute atomic E-state index is 12.9. The van der Waals surface area contributed by atoms with E-state index in [4.69, 9.17) is 4.74 Å². The molecule has 2 aliphatic heterocycles. The Balaban J connectivity index is 1.27. The number of carbonyl (C=O) groups is 1. The number of sulfonamides is 1. The number of aromatic nitrogens is 2. The molecule has 11 heteroatoms. The Hall–Kier alpha value is -3.38. The number of anilines is 2. The van der Waals surface area contributed by atoms with Crippen LogP contribution in [0.15, 0.2) is 65.7 Å². The van der Waals surface area contributed by atoms with Crippen molar-refractivity contribution in [1.82, 2.24) is 24.5 Å². The van der Waals surface area contributed by atoms with Crippen LogP contribution in [0.5, 0.6) is 0 Å². The van der Waals surface area contributed by atoms with Gasteiger partial charge in [-0.05, 0) is 42.5 Å². The molecule has 0 aliphatic carbocycles. The van der Waals surface area contributed by atoms with Crippen LogP contribution in [-0.4, -0.2) is 86.0 Å². The SMILES string of the molecule is O=C(c1ccc(Nc2nccc(-c3ccc(S(=O)(=O)N4CCOCC4)cc3)n2)cc1)N1CCNCC1. The summed E-state index contributed by atoms with van der Waals surface area (Å²) in [6.07, 6.45) is 1.64. The number of benzene rings is 2. The summed E-state index contributed by atoms with van der Waals surface area (Å²) in [7, 11) is -3.55. The van der Waals surface area contributed by atoms with Gasteiger partial charge in [-0.3, -0.25) is 4.79 Å². The molecule has 2 N–H and O–H groups in total. The van der Waals surface area contributed by atoms with Gasteiger partial charge in [-0.15, -0.1) is 0 Å². The minimum absolute atomic E-state index is 0.0281. The van der Waals surface area contributed by atoms with Crippen LogP contribution in [0.1, 0.15) is 10.4 Å². The van der Waals surface area contributed by atoms with Crippen molar-refractivity contribution in [2.75, 3.05) is 57.8 Å². The van der Waals surface area contributed by atoms with Gasteiger partial charge in [0.05, 0.1) is 23.8 Å². The molecule has 1 amide bonds. The fourth-order valence-electron chi connectivity index (χ4n) is 4.19. The predicted octanol–water partition coefficient (Wildman–Crippen LogP) is 1.95. The highest BCUT2D eigenvalue weighted by atomic mass is 32.2. The van der Waals surface area contributed by atoms with Crippen LogP contribution in [0.25, 0.3) is 11.3 Å². The van der Waals surface area contributed by atoms with E-state index in [1.165, 1.54) is 4.31 Å². The first-order chi connectivity index (χ1) is 17.5. The number of nitrogens with zero attached hydrogens (tertiary/aromatic N) is 4. The fraction of sp³-hybridized carbons (Fsp3) is 0.320. The zero-order valence-corrected chi connectivity index (χ0v) is 20.6. The number of ether oxygens (including phenoxy) is 1. The molecule has 3 heterocycles. The molecule has 1 aromatic heterocycles. The summed E-state index contributed by atoms with van der Waals surface area (Å²) in [5.74, 6) is 0.430. The standard InChI is InChI=1S/C25H28N6O4S/c32-24(30-13-11-26-12-14-30)20-1-5-21(6-2-20)28-25-27-10-9-23(29-25)19-3-7-22(8-4-19)36(33,34)31-15-17-35-18-16-31/h1-10,26H,11-18H2,(H,27,28,29). The third kappa shape index (κ3) is 5.39. The Morgan fingerprint density at radius 3 is 2.31 bits per heavy atom. The molecule has 0 saturated carbocycles. The van der Waals surface area contributed by atoms with Crippen molar-refractivity contribution in [1.29, 1.82) is 0 Å². The molecular formula is C25H28N6O4S. The van der Waals surface area contributed by atoms with Gasteiger partial charge in [0.25, 0.3) is 5.91 Å². The van der Waals surface area contributed by atoms with E-state index in [0.29, 0.717) is 56.6 Å². The lowest BCUT2D eigenvalue weighted by atomic mass is 10.1. The maximum atomic E-state index is 12.9. The minimum atomic E-state index is -3.55. The topological polar surface area (TPSA) is 117 Å². The zero-order chi connectivity index (χ0) is 25.0. The quantitative estimate of drug-likeness (QED) is 0.519. The van der Waals surface area contributed by atoms with Gasteiger partial charge in [-0.25, -0.2) is 18.4 Å². The molecule has 10 nitrogen and oxygen atoms in total.